The molecular formula is C14H18N2O3. The van der Waals surface area contributed by atoms with E-state index in [1.807, 2.05) is 12.1 Å². The second-order valence-corrected chi connectivity index (χ2v) is 5.23. The normalized spacial score (nSPS) is 29.2. The minimum atomic E-state index is -0.332. The van der Waals surface area contributed by atoms with E-state index >= 15 is 0 Å². The van der Waals surface area contributed by atoms with Crippen LogP contribution >= 0.6 is 0 Å². The summed E-state index contributed by atoms with van der Waals surface area (Å²) in [6.07, 6.45) is 6.57. The lowest BCUT2D eigenvalue weighted by molar-refractivity contribution is -0.145. The van der Waals surface area contributed by atoms with Crippen LogP contribution in [0.25, 0.3) is 0 Å². The second-order valence-electron chi connectivity index (χ2n) is 5.23. The Morgan fingerprint density at radius 1 is 1.53 bits per heavy atom. The molecule has 0 bridgehead atoms. The smallest absolute Gasteiger partial charge is 0.272 e. The zero-order valence-corrected chi connectivity index (χ0v) is 10.7. The van der Waals surface area contributed by atoms with Crippen LogP contribution in [0.4, 0.5) is 0 Å². The third-order valence-corrected chi connectivity index (χ3v) is 3.99. The predicted molar refractivity (Wildman–Crippen MR) is 67.7 cm³/mol. The van der Waals surface area contributed by atoms with Crippen LogP contribution in [0.3, 0.4) is 0 Å². The van der Waals surface area contributed by atoms with E-state index in [-0.39, 0.29) is 12.0 Å². The number of pyridine rings is 1. The molecule has 5 nitrogen and oxygen atoms in total. The number of amides is 1. The summed E-state index contributed by atoms with van der Waals surface area (Å²) >= 11 is 0. The van der Waals surface area contributed by atoms with Crippen LogP contribution in [-0.4, -0.2) is 23.6 Å². The van der Waals surface area contributed by atoms with Crippen LogP contribution in [0.15, 0.2) is 24.5 Å². The van der Waals surface area contributed by atoms with Crippen LogP contribution in [0, 0.1) is 11.8 Å². The SMILES string of the molecule is O=C(NOCc1cccnc1)[C@@H]1OC[C@@H]2CCC[C@@H]21. The monoisotopic (exact) mass is 262 g/mol. The number of aromatic nitrogens is 1. The second kappa shape index (κ2) is 5.67. The lowest BCUT2D eigenvalue weighted by atomic mass is 9.94. The highest BCUT2D eigenvalue weighted by Gasteiger charge is 2.43. The summed E-state index contributed by atoms with van der Waals surface area (Å²) in [7, 11) is 0. The number of carbonyl (C=O) groups excluding carboxylic acids is 1. The number of carbonyl (C=O) groups is 1. The van der Waals surface area contributed by atoms with Gasteiger partial charge in [-0.25, -0.2) is 5.48 Å². The molecule has 1 aliphatic heterocycles. The average Bonchev–Trinajstić information content (AvgIpc) is 3.02. The molecule has 102 valence electrons. The summed E-state index contributed by atoms with van der Waals surface area (Å²) in [6.45, 7) is 1.03. The molecule has 1 aromatic rings. The minimum absolute atomic E-state index is 0.154. The molecule has 0 unspecified atom stereocenters. The predicted octanol–water partition coefficient (Wildman–Crippen LogP) is 1.44. The van der Waals surface area contributed by atoms with Crippen LogP contribution in [-0.2, 0) is 21.0 Å². The largest absolute Gasteiger partial charge is 0.368 e. The molecule has 0 aromatic carbocycles. The number of nitrogens with one attached hydrogen (secondary N) is 1. The van der Waals surface area contributed by atoms with Crippen LogP contribution in [0.1, 0.15) is 24.8 Å². The summed E-state index contributed by atoms with van der Waals surface area (Å²) in [4.78, 5) is 21.2. The number of hydroxylamine groups is 1. The number of nitrogens with zero attached hydrogens (tertiary/aromatic N) is 1. The van der Waals surface area contributed by atoms with Gasteiger partial charge in [-0.15, -0.1) is 0 Å². The number of ether oxygens (including phenoxy) is 1. The highest BCUT2D eigenvalue weighted by atomic mass is 16.7. The number of hydrogen-bond acceptors (Lipinski definition) is 4. The van der Waals surface area contributed by atoms with Crippen molar-refractivity contribution in [2.24, 2.45) is 11.8 Å². The molecule has 3 rings (SSSR count). The molecule has 1 N–H and O–H groups in total. The van der Waals surface area contributed by atoms with Gasteiger partial charge in [0.15, 0.2) is 0 Å². The number of rotatable bonds is 4. The van der Waals surface area contributed by atoms with E-state index in [0.717, 1.165) is 12.0 Å². The topological polar surface area (TPSA) is 60.5 Å². The molecule has 0 spiro atoms. The highest BCUT2D eigenvalue weighted by Crippen LogP contribution is 2.40. The lowest BCUT2D eigenvalue weighted by Gasteiger charge is -2.16. The van der Waals surface area contributed by atoms with Crippen LogP contribution in [0.5, 0.6) is 0 Å². The van der Waals surface area contributed by atoms with Crippen LogP contribution < -0.4 is 5.48 Å². The van der Waals surface area contributed by atoms with Gasteiger partial charge < -0.3 is 4.74 Å². The van der Waals surface area contributed by atoms with Crippen molar-refractivity contribution >= 4 is 5.91 Å². The Morgan fingerprint density at radius 2 is 2.47 bits per heavy atom. The van der Waals surface area contributed by atoms with E-state index < -0.39 is 0 Å². The molecule has 2 fully saturated rings. The van der Waals surface area contributed by atoms with E-state index in [4.69, 9.17) is 9.57 Å². The van der Waals surface area contributed by atoms with Crippen molar-refractivity contribution in [1.29, 1.82) is 0 Å². The van der Waals surface area contributed by atoms with Crippen molar-refractivity contribution in [3.05, 3.63) is 30.1 Å². The van der Waals surface area contributed by atoms with Gasteiger partial charge in [0.1, 0.15) is 12.7 Å². The molecule has 1 saturated heterocycles. The quantitative estimate of drug-likeness (QED) is 0.834. The Bertz CT molecular complexity index is 438. The minimum Gasteiger partial charge on any atom is -0.368 e. The first-order valence-electron chi connectivity index (χ1n) is 6.77. The molecule has 1 saturated carbocycles. The summed E-state index contributed by atoms with van der Waals surface area (Å²) in [5.41, 5.74) is 3.42. The van der Waals surface area contributed by atoms with Gasteiger partial charge in [0.05, 0.1) is 6.61 Å². The molecule has 19 heavy (non-hydrogen) atoms. The fraction of sp³-hybridized carbons (Fsp3) is 0.571. The molecular weight excluding hydrogens is 244 g/mol. The summed E-state index contributed by atoms with van der Waals surface area (Å²) < 4.78 is 5.58. The van der Waals surface area contributed by atoms with E-state index in [9.17, 15) is 4.79 Å². The van der Waals surface area contributed by atoms with Crippen LogP contribution in [0.2, 0.25) is 0 Å². The zero-order valence-electron chi connectivity index (χ0n) is 10.7. The van der Waals surface area contributed by atoms with Gasteiger partial charge in [-0.2, -0.15) is 0 Å². The maximum Gasteiger partial charge on any atom is 0.272 e. The first-order valence-corrected chi connectivity index (χ1v) is 6.77. The first kappa shape index (κ1) is 12.6. The third-order valence-electron chi connectivity index (χ3n) is 3.99. The Labute approximate surface area is 112 Å². The van der Waals surface area contributed by atoms with Gasteiger partial charge in [-0.05, 0) is 36.3 Å². The van der Waals surface area contributed by atoms with Gasteiger partial charge in [0, 0.05) is 12.4 Å². The average molecular weight is 262 g/mol. The van der Waals surface area contributed by atoms with E-state index in [2.05, 4.69) is 10.5 Å². The van der Waals surface area contributed by atoms with Gasteiger partial charge in [-0.3, -0.25) is 14.6 Å². The van der Waals surface area contributed by atoms with Crippen molar-refractivity contribution in [1.82, 2.24) is 10.5 Å². The van der Waals surface area contributed by atoms with E-state index in [1.165, 1.54) is 12.8 Å². The van der Waals surface area contributed by atoms with E-state index in [1.54, 1.807) is 12.4 Å². The Morgan fingerprint density at radius 3 is 3.32 bits per heavy atom. The third kappa shape index (κ3) is 2.77. The molecule has 2 heterocycles. The van der Waals surface area contributed by atoms with Crippen molar-refractivity contribution in [2.75, 3.05) is 6.61 Å². The fourth-order valence-corrected chi connectivity index (χ4v) is 3.02. The molecule has 2 aliphatic rings. The highest BCUT2D eigenvalue weighted by molar-refractivity contribution is 5.80. The van der Waals surface area contributed by atoms with Crippen molar-refractivity contribution < 1.29 is 14.4 Å². The fourth-order valence-electron chi connectivity index (χ4n) is 3.02. The van der Waals surface area contributed by atoms with Crippen molar-refractivity contribution in [3.63, 3.8) is 0 Å². The molecule has 3 atom stereocenters. The molecule has 1 amide bonds. The van der Waals surface area contributed by atoms with Gasteiger partial charge in [0.2, 0.25) is 0 Å². The first-order chi connectivity index (χ1) is 9.34. The zero-order chi connectivity index (χ0) is 13.1. The Kier molecular flexibility index (Phi) is 3.75. The molecule has 0 radical (unpaired) electrons. The van der Waals surface area contributed by atoms with Crippen molar-refractivity contribution in [3.8, 4) is 0 Å². The molecule has 1 aliphatic carbocycles. The Balaban J connectivity index is 1.47. The van der Waals surface area contributed by atoms with Gasteiger partial charge in [-0.1, -0.05) is 12.5 Å². The van der Waals surface area contributed by atoms with E-state index in [0.29, 0.717) is 25.0 Å². The lowest BCUT2D eigenvalue weighted by Crippen LogP contribution is -2.38. The summed E-state index contributed by atoms with van der Waals surface area (Å²) in [5, 5.41) is 0. The standard InChI is InChI=1S/C14H18N2O3/c17-14(13-12-5-1-4-11(12)9-18-13)16-19-8-10-3-2-6-15-7-10/h2-3,6-7,11-13H,1,4-5,8-9H2,(H,16,17)/t11-,12-,13+/m0/s1. The van der Waals surface area contributed by atoms with Crippen molar-refractivity contribution in [2.45, 2.75) is 32.0 Å². The number of fused-ring (bicyclic) bond motifs is 1. The molecule has 1 aromatic heterocycles. The Hall–Kier alpha value is -1.46. The number of hydrogen-bond donors (Lipinski definition) is 1. The summed E-state index contributed by atoms with van der Waals surface area (Å²) in [6, 6.07) is 3.74. The maximum absolute atomic E-state index is 12.0. The van der Waals surface area contributed by atoms with Gasteiger partial charge in [0.25, 0.3) is 5.91 Å². The maximum atomic E-state index is 12.0. The van der Waals surface area contributed by atoms with Gasteiger partial charge >= 0.3 is 0 Å². The molecule has 5 heteroatoms. The summed E-state index contributed by atoms with van der Waals surface area (Å²) in [5.74, 6) is 0.786.